The number of nitrogens with zero attached hydrogens (tertiary/aromatic N) is 3. The summed E-state index contributed by atoms with van der Waals surface area (Å²) in [6, 6.07) is -1.37. The number of ether oxygens (including phenoxy) is 3. The third-order valence-electron chi connectivity index (χ3n) is 7.05. The molecule has 8 N–H and O–H groups in total. The van der Waals surface area contributed by atoms with Crippen molar-refractivity contribution >= 4 is 0 Å². The van der Waals surface area contributed by atoms with E-state index < -0.39 is 59.5 Å². The molecule has 1 aromatic heterocycles. The molecule has 190 valence electrons. The van der Waals surface area contributed by atoms with Crippen molar-refractivity contribution in [3.05, 3.63) is 11.9 Å². The summed E-state index contributed by atoms with van der Waals surface area (Å²) in [5.74, 6) is -0.957. The molecule has 8 atom stereocenters. The summed E-state index contributed by atoms with van der Waals surface area (Å²) in [5.41, 5.74) is 11.4. The Hall–Kier alpha value is -1.22. The van der Waals surface area contributed by atoms with Crippen LogP contribution in [0.5, 0.6) is 0 Å². The summed E-state index contributed by atoms with van der Waals surface area (Å²) >= 11 is 0. The lowest BCUT2D eigenvalue weighted by atomic mass is 9.79. The second kappa shape index (κ2) is 10.2. The molecule has 1 aromatic rings. The fourth-order valence-corrected chi connectivity index (χ4v) is 4.83. The van der Waals surface area contributed by atoms with E-state index in [4.69, 9.17) is 25.7 Å². The highest BCUT2D eigenvalue weighted by Gasteiger charge is 2.48. The maximum absolute atomic E-state index is 10.5. The highest BCUT2D eigenvalue weighted by Crippen LogP contribution is 2.35. The summed E-state index contributed by atoms with van der Waals surface area (Å²) in [7, 11) is 0. The molecule has 12 heteroatoms. The van der Waals surface area contributed by atoms with Crippen LogP contribution in [0.15, 0.2) is 6.20 Å². The van der Waals surface area contributed by atoms with Crippen molar-refractivity contribution in [2.45, 2.75) is 88.5 Å². The topological polar surface area (TPSA) is 191 Å². The van der Waals surface area contributed by atoms with E-state index in [9.17, 15) is 20.4 Å². The lowest BCUT2D eigenvalue weighted by Gasteiger charge is -2.48. The molecule has 12 nitrogen and oxygen atoms in total. The van der Waals surface area contributed by atoms with Gasteiger partial charge in [-0.15, -0.1) is 5.10 Å². The number of aliphatic hydroxyl groups is 4. The lowest BCUT2D eigenvalue weighted by Crippen LogP contribution is -2.63. The van der Waals surface area contributed by atoms with Gasteiger partial charge in [-0.25, -0.2) is 4.68 Å². The molecule has 0 aliphatic carbocycles. The monoisotopic (exact) mass is 473 g/mol. The van der Waals surface area contributed by atoms with E-state index in [2.05, 4.69) is 10.3 Å². The minimum absolute atomic E-state index is 0.145. The van der Waals surface area contributed by atoms with Gasteiger partial charge in [0.1, 0.15) is 5.69 Å². The first-order chi connectivity index (χ1) is 15.4. The number of aromatic nitrogens is 3. The minimum atomic E-state index is -0.905. The largest absolute Gasteiger partial charge is 0.396 e. The van der Waals surface area contributed by atoms with Gasteiger partial charge in [0.15, 0.2) is 0 Å². The van der Waals surface area contributed by atoms with Crippen molar-refractivity contribution < 1.29 is 34.6 Å². The molecule has 0 bridgehead atoms. The van der Waals surface area contributed by atoms with Gasteiger partial charge in [0, 0.05) is 11.8 Å². The first-order valence-electron chi connectivity index (χ1n) is 11.3. The Bertz CT molecular complexity index is 776. The molecular weight excluding hydrogens is 434 g/mol. The van der Waals surface area contributed by atoms with Crippen LogP contribution in [0.3, 0.4) is 0 Å². The van der Waals surface area contributed by atoms with Crippen LogP contribution < -0.4 is 11.5 Å². The maximum atomic E-state index is 10.5. The van der Waals surface area contributed by atoms with Crippen molar-refractivity contribution in [3.63, 3.8) is 0 Å². The zero-order valence-corrected chi connectivity index (χ0v) is 19.7. The predicted octanol–water partition coefficient (Wildman–Crippen LogP) is -2.26. The number of hydrogen-bond donors (Lipinski definition) is 6. The van der Waals surface area contributed by atoms with E-state index in [-0.39, 0.29) is 33.0 Å². The van der Waals surface area contributed by atoms with Gasteiger partial charge in [-0.2, -0.15) is 0 Å². The molecule has 0 unspecified atom stereocenters. The predicted molar refractivity (Wildman–Crippen MR) is 117 cm³/mol. The quantitative estimate of drug-likeness (QED) is 0.239. The molecule has 0 amide bonds. The van der Waals surface area contributed by atoms with Crippen molar-refractivity contribution in [1.29, 1.82) is 0 Å². The Labute approximate surface area is 193 Å². The molecule has 33 heavy (non-hydrogen) atoms. The van der Waals surface area contributed by atoms with Crippen LogP contribution >= 0.6 is 0 Å². The zero-order valence-electron chi connectivity index (χ0n) is 19.7. The average Bonchev–Trinajstić information content (AvgIpc) is 3.17. The first kappa shape index (κ1) is 26.4. The maximum Gasteiger partial charge on any atom is 0.108 e. The molecule has 0 saturated carbocycles. The first-order valence-corrected chi connectivity index (χ1v) is 11.3. The van der Waals surface area contributed by atoms with Crippen LogP contribution in [0, 0.1) is 11.8 Å². The van der Waals surface area contributed by atoms with Gasteiger partial charge in [-0.05, 0) is 27.7 Å². The van der Waals surface area contributed by atoms with Gasteiger partial charge >= 0.3 is 0 Å². The van der Waals surface area contributed by atoms with Gasteiger partial charge in [0.25, 0.3) is 0 Å². The normalized spacial score (nSPS) is 38.4. The Kier molecular flexibility index (Phi) is 8.14. The third-order valence-corrected chi connectivity index (χ3v) is 7.05. The summed E-state index contributed by atoms with van der Waals surface area (Å²) < 4.78 is 19.3. The van der Waals surface area contributed by atoms with Crippen molar-refractivity contribution in [1.82, 2.24) is 15.0 Å². The average molecular weight is 474 g/mol. The second-order valence-corrected chi connectivity index (χ2v) is 10.2. The summed E-state index contributed by atoms with van der Waals surface area (Å²) in [6.07, 6.45) is -1.15. The second-order valence-electron chi connectivity index (χ2n) is 10.2. The van der Waals surface area contributed by atoms with Crippen LogP contribution in [0.2, 0.25) is 0 Å². The SMILES string of the molecule is CC1(C)O[C@H](COCc2cn(C[C@H]3OC(C)(C)[C@@H](CO)[C@H](O)[C@H]3N)nn2)[C@H](N)[C@@H](O)[C@@H]1CO. The molecule has 3 heterocycles. The van der Waals surface area contributed by atoms with E-state index in [1.54, 1.807) is 24.7 Å². The van der Waals surface area contributed by atoms with Gasteiger partial charge in [0.05, 0.1) is 86.9 Å². The van der Waals surface area contributed by atoms with Gasteiger partial charge in [-0.1, -0.05) is 5.21 Å². The van der Waals surface area contributed by atoms with E-state index in [0.717, 1.165) is 0 Å². The molecule has 2 aliphatic rings. The minimum Gasteiger partial charge on any atom is -0.396 e. The third kappa shape index (κ3) is 5.55. The highest BCUT2D eigenvalue weighted by molar-refractivity contribution is 5.00. The fourth-order valence-electron chi connectivity index (χ4n) is 4.83. The van der Waals surface area contributed by atoms with Crippen LogP contribution in [-0.4, -0.2) is 103 Å². The standard InChI is InChI=1S/C21H39N5O7/c1-20(2)12(7-27)18(29)16(22)14(32-20)6-26-5-11(24-25-26)9-31-10-15-17(23)19(30)13(8-28)21(3,4)33-15/h5,12-19,27-30H,6-10,22-23H2,1-4H3/t12-,13-,14+,15+,16-,17-,18-,19-/m0/s1. The Morgan fingerprint density at radius 1 is 0.970 bits per heavy atom. The van der Waals surface area contributed by atoms with Crippen LogP contribution in [0.25, 0.3) is 0 Å². The molecule has 2 fully saturated rings. The smallest absolute Gasteiger partial charge is 0.108 e. The molecule has 0 spiro atoms. The molecule has 2 saturated heterocycles. The molecular formula is C21H39N5O7. The molecule has 3 rings (SSSR count). The van der Waals surface area contributed by atoms with Crippen molar-refractivity contribution in [3.8, 4) is 0 Å². The lowest BCUT2D eigenvalue weighted by molar-refractivity contribution is -0.214. The van der Waals surface area contributed by atoms with E-state index in [1.165, 1.54) is 0 Å². The van der Waals surface area contributed by atoms with Crippen LogP contribution in [0.1, 0.15) is 33.4 Å². The van der Waals surface area contributed by atoms with Gasteiger partial charge in [0.2, 0.25) is 0 Å². The van der Waals surface area contributed by atoms with Gasteiger partial charge in [-0.3, -0.25) is 0 Å². The van der Waals surface area contributed by atoms with Crippen molar-refractivity contribution in [2.24, 2.45) is 23.3 Å². The number of nitrogens with two attached hydrogens (primary N) is 2. The molecule has 2 aliphatic heterocycles. The van der Waals surface area contributed by atoms with E-state index in [1.807, 2.05) is 13.8 Å². The Morgan fingerprint density at radius 3 is 2.03 bits per heavy atom. The number of rotatable bonds is 8. The summed E-state index contributed by atoms with van der Waals surface area (Å²) in [6.45, 7) is 7.39. The summed E-state index contributed by atoms with van der Waals surface area (Å²) in [5, 5.41) is 48.2. The molecule has 0 radical (unpaired) electrons. The summed E-state index contributed by atoms with van der Waals surface area (Å²) in [4.78, 5) is 0. The van der Waals surface area contributed by atoms with E-state index >= 15 is 0 Å². The highest BCUT2D eigenvalue weighted by atomic mass is 16.6. The van der Waals surface area contributed by atoms with Crippen molar-refractivity contribution in [2.75, 3.05) is 19.8 Å². The van der Waals surface area contributed by atoms with Crippen LogP contribution in [0.4, 0.5) is 0 Å². The Morgan fingerprint density at radius 2 is 1.48 bits per heavy atom. The Balaban J connectivity index is 1.53. The zero-order chi connectivity index (χ0) is 24.6. The number of hydrogen-bond acceptors (Lipinski definition) is 11. The molecule has 0 aromatic carbocycles. The fraction of sp³-hybridized carbons (Fsp3) is 0.905. The number of aliphatic hydroxyl groups excluding tert-OH is 4. The van der Waals surface area contributed by atoms with Gasteiger partial charge < -0.3 is 46.1 Å². The van der Waals surface area contributed by atoms with E-state index in [0.29, 0.717) is 5.69 Å². The van der Waals surface area contributed by atoms with Crippen LogP contribution in [-0.2, 0) is 27.4 Å².